The van der Waals surface area contributed by atoms with Crippen molar-refractivity contribution in [1.82, 2.24) is 5.32 Å². The summed E-state index contributed by atoms with van der Waals surface area (Å²) in [5.74, 6) is 0.204. The Balaban J connectivity index is 2.09. The molecule has 0 aliphatic heterocycles. The zero-order chi connectivity index (χ0) is 20.4. The Hall–Kier alpha value is -3.33. The highest BCUT2D eigenvalue weighted by molar-refractivity contribution is 5.92. The molecule has 6 heteroatoms. The Labute approximate surface area is 164 Å². The molecule has 146 valence electrons. The normalized spacial score (nSPS) is 11.6. The number of benzene rings is 2. The van der Waals surface area contributed by atoms with Gasteiger partial charge in [0.05, 0.1) is 19.3 Å². The number of hydrogen-bond acceptors (Lipinski definition) is 4. The molecule has 0 spiro atoms. The minimum atomic E-state index is -1.07. The van der Waals surface area contributed by atoms with Gasteiger partial charge in [-0.25, -0.2) is 4.39 Å². The number of ether oxygens (including phenoxy) is 2. The number of nitrogens with one attached hydrogen (secondary N) is 1. The van der Waals surface area contributed by atoms with Crippen molar-refractivity contribution in [3.63, 3.8) is 0 Å². The Morgan fingerprint density at radius 1 is 1.21 bits per heavy atom. The second-order valence-electron chi connectivity index (χ2n) is 5.91. The smallest absolute Gasteiger partial charge is 0.245 e. The summed E-state index contributed by atoms with van der Waals surface area (Å²) in [5, 5.41) is 11.7. The highest BCUT2D eigenvalue weighted by Gasteiger charge is 2.16. The van der Waals surface area contributed by atoms with Crippen LogP contribution in [0.4, 0.5) is 4.39 Å². The second-order valence-corrected chi connectivity index (χ2v) is 5.91. The van der Waals surface area contributed by atoms with E-state index in [0.717, 1.165) is 12.0 Å². The van der Waals surface area contributed by atoms with Gasteiger partial charge in [0.1, 0.15) is 11.9 Å². The minimum Gasteiger partial charge on any atom is -0.490 e. The van der Waals surface area contributed by atoms with E-state index >= 15 is 0 Å². The summed E-state index contributed by atoms with van der Waals surface area (Å²) in [6.45, 7) is 4.97. The fraction of sp³-hybridized carbons (Fsp3) is 0.273. The highest BCUT2D eigenvalue weighted by Crippen LogP contribution is 2.29. The monoisotopic (exact) mass is 382 g/mol. The number of carbonyl (C=O) groups is 1. The Bertz CT molecular complexity index is 874. The lowest BCUT2D eigenvalue weighted by atomic mass is 10.1. The first-order chi connectivity index (χ1) is 13.6. The highest BCUT2D eigenvalue weighted by atomic mass is 19.1. The lowest BCUT2D eigenvalue weighted by Gasteiger charge is -2.12. The topological polar surface area (TPSA) is 71.3 Å². The van der Waals surface area contributed by atoms with Gasteiger partial charge in [-0.05, 0) is 43.2 Å². The zero-order valence-corrected chi connectivity index (χ0v) is 15.9. The van der Waals surface area contributed by atoms with E-state index in [0.29, 0.717) is 24.7 Å². The third-order valence-corrected chi connectivity index (χ3v) is 3.79. The molecule has 1 unspecified atom stereocenters. The van der Waals surface area contributed by atoms with Crippen LogP contribution in [0, 0.1) is 17.1 Å². The van der Waals surface area contributed by atoms with E-state index in [1.807, 2.05) is 19.9 Å². The Morgan fingerprint density at radius 2 is 2.00 bits per heavy atom. The number of nitrogens with zero attached hydrogens (tertiary/aromatic N) is 1. The predicted molar refractivity (Wildman–Crippen MR) is 105 cm³/mol. The van der Waals surface area contributed by atoms with Crippen molar-refractivity contribution in [3.05, 3.63) is 65.5 Å². The molecule has 1 N–H and O–H groups in total. The molecule has 0 fully saturated rings. The summed E-state index contributed by atoms with van der Waals surface area (Å²) in [6.07, 6.45) is 3.77. The van der Waals surface area contributed by atoms with Crippen molar-refractivity contribution in [2.24, 2.45) is 0 Å². The minimum absolute atomic E-state index is 0.128. The molecule has 2 aromatic carbocycles. The lowest BCUT2D eigenvalue weighted by molar-refractivity contribution is -0.116. The number of rotatable bonds is 9. The van der Waals surface area contributed by atoms with Crippen LogP contribution in [0.3, 0.4) is 0 Å². The van der Waals surface area contributed by atoms with Crippen LogP contribution >= 0.6 is 0 Å². The molecule has 28 heavy (non-hydrogen) atoms. The van der Waals surface area contributed by atoms with E-state index in [-0.39, 0.29) is 5.56 Å². The van der Waals surface area contributed by atoms with Crippen molar-refractivity contribution in [2.45, 2.75) is 26.3 Å². The summed E-state index contributed by atoms with van der Waals surface area (Å²) >= 11 is 0. The molecule has 0 aliphatic rings. The maximum absolute atomic E-state index is 13.8. The van der Waals surface area contributed by atoms with Crippen LogP contribution in [0.15, 0.2) is 48.5 Å². The van der Waals surface area contributed by atoms with Crippen molar-refractivity contribution in [2.75, 3.05) is 13.2 Å². The van der Waals surface area contributed by atoms with Gasteiger partial charge in [0, 0.05) is 11.6 Å². The Morgan fingerprint density at radius 3 is 2.68 bits per heavy atom. The van der Waals surface area contributed by atoms with Crippen LogP contribution in [-0.4, -0.2) is 19.1 Å². The molecule has 2 rings (SSSR count). The average molecular weight is 382 g/mol. The fourth-order valence-electron chi connectivity index (χ4n) is 2.48. The van der Waals surface area contributed by atoms with E-state index in [4.69, 9.17) is 9.47 Å². The quantitative estimate of drug-likeness (QED) is 0.652. The average Bonchev–Trinajstić information content (AvgIpc) is 2.70. The maximum atomic E-state index is 13.8. The van der Waals surface area contributed by atoms with E-state index in [2.05, 4.69) is 5.32 Å². The number of hydrogen-bond donors (Lipinski definition) is 1. The van der Waals surface area contributed by atoms with Gasteiger partial charge in [-0.3, -0.25) is 4.79 Å². The van der Waals surface area contributed by atoms with E-state index in [1.165, 1.54) is 24.3 Å². The van der Waals surface area contributed by atoms with Gasteiger partial charge in [-0.2, -0.15) is 5.26 Å². The summed E-state index contributed by atoms with van der Waals surface area (Å²) in [7, 11) is 0. The van der Waals surface area contributed by atoms with Crippen LogP contribution < -0.4 is 14.8 Å². The fourth-order valence-corrected chi connectivity index (χ4v) is 2.48. The van der Waals surface area contributed by atoms with Crippen molar-refractivity contribution < 1.29 is 18.7 Å². The molecule has 5 nitrogen and oxygen atoms in total. The van der Waals surface area contributed by atoms with E-state index in [9.17, 15) is 14.4 Å². The summed E-state index contributed by atoms with van der Waals surface area (Å²) in [4.78, 5) is 12.2. The maximum Gasteiger partial charge on any atom is 0.245 e. The summed E-state index contributed by atoms with van der Waals surface area (Å²) in [6, 6.07) is 12.1. The van der Waals surface area contributed by atoms with Crippen LogP contribution in [0.2, 0.25) is 0 Å². The largest absolute Gasteiger partial charge is 0.490 e. The van der Waals surface area contributed by atoms with Gasteiger partial charge in [-0.15, -0.1) is 0 Å². The first-order valence-electron chi connectivity index (χ1n) is 9.11. The van der Waals surface area contributed by atoms with E-state index in [1.54, 1.807) is 30.3 Å². The molecule has 0 saturated heterocycles. The molecular formula is C22H23FN2O3. The van der Waals surface area contributed by atoms with Crippen LogP contribution in [0.1, 0.15) is 37.4 Å². The Kier molecular flexibility index (Phi) is 8.04. The number of nitriles is 1. The van der Waals surface area contributed by atoms with Gasteiger partial charge in [0.2, 0.25) is 5.91 Å². The molecule has 1 amide bonds. The second kappa shape index (κ2) is 10.7. The van der Waals surface area contributed by atoms with Gasteiger partial charge >= 0.3 is 0 Å². The SMILES string of the molecule is CCCOc1ccc(/C=C/C(=O)NC(C#N)c2ccccc2F)cc1OCC. The molecule has 0 aromatic heterocycles. The number of carbonyl (C=O) groups excluding carboxylic acids is 1. The summed E-state index contributed by atoms with van der Waals surface area (Å²) < 4.78 is 25.1. The molecular weight excluding hydrogens is 359 g/mol. The van der Waals surface area contributed by atoms with Gasteiger partial charge < -0.3 is 14.8 Å². The third kappa shape index (κ3) is 5.85. The molecule has 0 saturated carbocycles. The third-order valence-electron chi connectivity index (χ3n) is 3.79. The zero-order valence-electron chi connectivity index (χ0n) is 15.9. The van der Waals surface area contributed by atoms with E-state index < -0.39 is 17.8 Å². The number of halogens is 1. The molecule has 0 bridgehead atoms. The van der Waals surface area contributed by atoms with Crippen LogP contribution in [0.25, 0.3) is 6.08 Å². The first-order valence-corrected chi connectivity index (χ1v) is 9.11. The standard InChI is InChI=1S/C22H23FN2O3/c1-3-13-28-20-11-9-16(14-21(20)27-4-2)10-12-22(26)25-19(15-24)17-7-5-6-8-18(17)23/h5-12,14,19H,3-4,13H2,1-2H3,(H,25,26)/b12-10+. The number of amides is 1. The molecule has 0 heterocycles. The van der Waals surface area contributed by atoms with Gasteiger partial charge in [0.15, 0.2) is 11.5 Å². The summed E-state index contributed by atoms with van der Waals surface area (Å²) in [5.41, 5.74) is 0.865. The van der Waals surface area contributed by atoms with Crippen molar-refractivity contribution >= 4 is 12.0 Å². The van der Waals surface area contributed by atoms with Crippen LogP contribution in [0.5, 0.6) is 11.5 Å². The first kappa shape index (κ1) is 21.0. The molecule has 1 atom stereocenters. The molecule has 0 radical (unpaired) electrons. The lowest BCUT2D eigenvalue weighted by Crippen LogP contribution is -2.26. The molecule has 0 aliphatic carbocycles. The van der Waals surface area contributed by atoms with Gasteiger partial charge in [-0.1, -0.05) is 31.2 Å². The van der Waals surface area contributed by atoms with Crippen molar-refractivity contribution in [3.8, 4) is 17.6 Å². The van der Waals surface area contributed by atoms with Crippen molar-refractivity contribution in [1.29, 1.82) is 5.26 Å². The van der Waals surface area contributed by atoms with Crippen LogP contribution in [-0.2, 0) is 4.79 Å². The predicted octanol–water partition coefficient (Wildman–Crippen LogP) is 4.41. The van der Waals surface area contributed by atoms with Gasteiger partial charge in [0.25, 0.3) is 0 Å². The molecule has 2 aromatic rings.